The van der Waals surface area contributed by atoms with Crippen LogP contribution in [0.15, 0.2) is 54.6 Å². The summed E-state index contributed by atoms with van der Waals surface area (Å²) in [6.45, 7) is 0.905. The van der Waals surface area contributed by atoms with Crippen LogP contribution >= 0.6 is 0 Å². The van der Waals surface area contributed by atoms with Gasteiger partial charge in [-0.1, -0.05) is 54.6 Å². The molecule has 0 aliphatic carbocycles. The van der Waals surface area contributed by atoms with E-state index in [0.29, 0.717) is 6.54 Å². The number of carbonyl (C=O) groups excluding carboxylic acids is 3. The number of hydrogen-bond donors (Lipinski definition) is 3. The molecule has 3 amide bonds. The van der Waals surface area contributed by atoms with Gasteiger partial charge in [0.1, 0.15) is 12.6 Å². The van der Waals surface area contributed by atoms with Crippen LogP contribution in [0.2, 0.25) is 0 Å². The van der Waals surface area contributed by atoms with E-state index < -0.39 is 12.1 Å². The molecule has 0 aromatic heterocycles. The zero-order chi connectivity index (χ0) is 19.1. The molecule has 0 spiro atoms. The molecule has 0 radical (unpaired) electrons. The van der Waals surface area contributed by atoms with Gasteiger partial charge in [-0.2, -0.15) is 0 Å². The van der Waals surface area contributed by atoms with Gasteiger partial charge >= 0.3 is 35.7 Å². The number of carbonyl (C=O) groups is 3. The Morgan fingerprint density at radius 1 is 1.04 bits per heavy atom. The monoisotopic (exact) mass is 391 g/mol. The first kappa shape index (κ1) is 21.9. The first-order valence-electron chi connectivity index (χ1n) is 8.70. The van der Waals surface area contributed by atoms with E-state index in [4.69, 9.17) is 4.74 Å². The Morgan fingerprint density at radius 2 is 1.71 bits per heavy atom. The van der Waals surface area contributed by atoms with Crippen LogP contribution in [0, 0.1) is 0 Å². The Morgan fingerprint density at radius 3 is 2.36 bits per heavy atom. The summed E-state index contributed by atoms with van der Waals surface area (Å²) in [5.74, 6) is -0.395. The van der Waals surface area contributed by atoms with E-state index in [9.17, 15) is 14.4 Å². The number of amides is 3. The summed E-state index contributed by atoms with van der Waals surface area (Å²) >= 11 is 0. The molecule has 2 aromatic carbocycles. The van der Waals surface area contributed by atoms with Crippen LogP contribution in [-0.4, -0.2) is 60.1 Å². The fourth-order valence-electron chi connectivity index (χ4n) is 2.67. The molecule has 1 unspecified atom stereocenters. The third kappa shape index (κ3) is 6.37. The third-order valence-corrected chi connectivity index (χ3v) is 4.24. The van der Waals surface area contributed by atoms with Gasteiger partial charge in [0.05, 0.1) is 6.42 Å². The van der Waals surface area contributed by atoms with Gasteiger partial charge in [-0.3, -0.25) is 9.59 Å². The maximum atomic E-state index is 12.1. The normalized spacial score (nSPS) is 14.7. The zero-order valence-electron chi connectivity index (χ0n) is 14.7. The van der Waals surface area contributed by atoms with Crippen molar-refractivity contribution in [3.05, 3.63) is 71.3 Å². The van der Waals surface area contributed by atoms with Crippen molar-refractivity contribution >= 4 is 47.5 Å². The molecular weight excluding hydrogens is 369 g/mol. The van der Waals surface area contributed by atoms with Crippen LogP contribution in [0.5, 0.6) is 0 Å². The Hall–Kier alpha value is -2.35. The van der Waals surface area contributed by atoms with Crippen molar-refractivity contribution in [2.24, 2.45) is 0 Å². The van der Waals surface area contributed by atoms with Crippen molar-refractivity contribution in [1.29, 1.82) is 0 Å². The zero-order valence-corrected chi connectivity index (χ0v) is 14.7. The molecule has 1 fully saturated rings. The number of benzene rings is 2. The average Bonchev–Trinajstić information content (AvgIpc) is 2.69. The first-order valence-corrected chi connectivity index (χ1v) is 8.70. The molecular formula is C20H22N3NaO4. The van der Waals surface area contributed by atoms with Gasteiger partial charge in [0.15, 0.2) is 0 Å². The van der Waals surface area contributed by atoms with E-state index in [0.717, 1.165) is 16.7 Å². The van der Waals surface area contributed by atoms with Crippen LogP contribution < -0.4 is 16.0 Å². The minimum atomic E-state index is -0.524. The SMILES string of the molecule is O=C(Cc1ccccc1CNC(=O)OCc1ccccc1)NC1CNC1=O.[NaH]. The number of β-lactam (4-membered cyclic amide) rings is 1. The van der Waals surface area contributed by atoms with Gasteiger partial charge in [0.2, 0.25) is 11.8 Å². The van der Waals surface area contributed by atoms with Gasteiger partial charge in [-0.05, 0) is 16.7 Å². The first-order chi connectivity index (χ1) is 13.1. The Labute approximate surface area is 185 Å². The summed E-state index contributed by atoms with van der Waals surface area (Å²) in [6.07, 6.45) is -0.384. The second-order valence-electron chi connectivity index (χ2n) is 6.23. The molecule has 2 aromatic rings. The molecule has 1 aliphatic rings. The van der Waals surface area contributed by atoms with Crippen LogP contribution in [0.1, 0.15) is 16.7 Å². The molecule has 1 aliphatic heterocycles. The summed E-state index contributed by atoms with van der Waals surface area (Å²) in [6, 6.07) is 16.3. The summed E-state index contributed by atoms with van der Waals surface area (Å²) in [7, 11) is 0. The molecule has 1 heterocycles. The Bertz CT molecular complexity index is 829. The molecule has 28 heavy (non-hydrogen) atoms. The van der Waals surface area contributed by atoms with E-state index in [2.05, 4.69) is 16.0 Å². The number of ether oxygens (including phenoxy) is 1. The molecule has 7 nitrogen and oxygen atoms in total. The predicted octanol–water partition coefficient (Wildman–Crippen LogP) is 0.622. The van der Waals surface area contributed by atoms with E-state index in [1.54, 1.807) is 0 Å². The Balaban J connectivity index is 0.00000280. The standard InChI is InChI=1S/C20H21N3O4.Na.H/c24-18(23-17-12-21-19(17)25)10-15-8-4-5-9-16(15)11-22-20(26)27-13-14-6-2-1-3-7-14;;/h1-9,17H,10-13H2,(H,21,25)(H,22,26)(H,23,24);;. The third-order valence-electron chi connectivity index (χ3n) is 4.24. The van der Waals surface area contributed by atoms with Gasteiger partial charge < -0.3 is 20.7 Å². The number of alkyl carbamates (subject to hydrolysis) is 1. The molecule has 1 saturated heterocycles. The summed E-state index contributed by atoms with van der Waals surface area (Å²) in [4.78, 5) is 35.2. The van der Waals surface area contributed by atoms with Crippen molar-refractivity contribution in [2.45, 2.75) is 25.6 Å². The van der Waals surface area contributed by atoms with Gasteiger partial charge in [0, 0.05) is 13.1 Å². The molecule has 3 rings (SSSR count). The fourth-order valence-corrected chi connectivity index (χ4v) is 2.67. The van der Waals surface area contributed by atoms with Gasteiger partial charge in [0.25, 0.3) is 0 Å². The van der Waals surface area contributed by atoms with Gasteiger partial charge in [-0.15, -0.1) is 0 Å². The quantitative estimate of drug-likeness (QED) is 0.476. The number of hydrogen-bond acceptors (Lipinski definition) is 4. The van der Waals surface area contributed by atoms with Crippen molar-refractivity contribution in [3.63, 3.8) is 0 Å². The van der Waals surface area contributed by atoms with Crippen molar-refractivity contribution in [2.75, 3.05) is 6.54 Å². The van der Waals surface area contributed by atoms with Gasteiger partial charge in [-0.25, -0.2) is 4.79 Å². The molecule has 0 saturated carbocycles. The Kier molecular flexibility index (Phi) is 8.50. The van der Waals surface area contributed by atoms with Crippen molar-refractivity contribution in [1.82, 2.24) is 16.0 Å². The van der Waals surface area contributed by atoms with Crippen molar-refractivity contribution in [3.8, 4) is 0 Å². The minimum absolute atomic E-state index is 0. The number of nitrogens with one attached hydrogen (secondary N) is 3. The van der Waals surface area contributed by atoms with Crippen LogP contribution in [0.25, 0.3) is 0 Å². The molecule has 1 atom stereocenters. The average molecular weight is 391 g/mol. The summed E-state index contributed by atoms with van der Waals surface area (Å²) < 4.78 is 5.18. The van der Waals surface area contributed by atoms with Crippen LogP contribution in [0.4, 0.5) is 4.79 Å². The molecule has 0 bridgehead atoms. The molecule has 142 valence electrons. The van der Waals surface area contributed by atoms with Crippen molar-refractivity contribution < 1.29 is 19.1 Å². The molecule has 8 heteroatoms. The second-order valence-corrected chi connectivity index (χ2v) is 6.23. The number of rotatable bonds is 7. The van der Waals surface area contributed by atoms with E-state index >= 15 is 0 Å². The predicted molar refractivity (Wildman–Crippen MR) is 106 cm³/mol. The summed E-state index contributed by atoms with van der Waals surface area (Å²) in [5.41, 5.74) is 2.52. The van der Waals surface area contributed by atoms with E-state index in [-0.39, 0.29) is 60.9 Å². The fraction of sp³-hybridized carbons (Fsp3) is 0.250. The summed E-state index contributed by atoms with van der Waals surface area (Å²) in [5, 5.41) is 7.96. The van der Waals surface area contributed by atoms with E-state index in [1.807, 2.05) is 54.6 Å². The molecule has 3 N–H and O–H groups in total. The topological polar surface area (TPSA) is 96.5 Å². The van der Waals surface area contributed by atoms with E-state index in [1.165, 1.54) is 0 Å². The second kappa shape index (κ2) is 10.8. The van der Waals surface area contributed by atoms with Crippen LogP contribution in [-0.2, 0) is 33.9 Å². The maximum absolute atomic E-state index is 12.1. The van der Waals surface area contributed by atoms with Crippen LogP contribution in [0.3, 0.4) is 0 Å².